The highest BCUT2D eigenvalue weighted by Gasteiger charge is 2.42. The summed E-state index contributed by atoms with van der Waals surface area (Å²) in [4.78, 5) is 53.9. The number of carboxylic acid groups (broad SMARTS) is 2. The van der Waals surface area contributed by atoms with E-state index in [1.807, 2.05) is 29.2 Å². The second kappa shape index (κ2) is 20.6. The maximum absolute atomic E-state index is 15.6. The van der Waals surface area contributed by atoms with Crippen LogP contribution in [-0.2, 0) is 27.3 Å². The molecule has 0 saturated carbocycles. The predicted molar refractivity (Wildman–Crippen MR) is 207 cm³/mol. The molecule has 4 heterocycles. The van der Waals surface area contributed by atoms with Crippen LogP contribution in [0.25, 0.3) is 10.2 Å². The number of aliphatic hydroxyl groups excluding tert-OH is 1. The Labute approximate surface area is 347 Å². The number of likely N-dealkylation sites (tertiary alicyclic amines) is 1. The maximum Gasteiger partial charge on any atom is 0.490 e. The number of fused-ring (bicyclic) bond motifs is 1. The SMILES string of the molecule is CC(C)c1cccc(C(=O)N2CCOC3(CCN(Cc4cccc(CCNC[C@H](O)c5ccc(O)c6[nH]c(=O)sc56)c4F)CC3)C2)n1.O=C(O)C(F)(F)F.O=C(O)C(F)(F)F. The number of aliphatic hydroxyl groups is 1. The number of hydrogen-bond acceptors (Lipinski definition) is 11. The minimum atomic E-state index is -5.08. The van der Waals surface area contributed by atoms with Gasteiger partial charge in [-0.15, -0.1) is 0 Å². The second-order valence-corrected chi connectivity index (χ2v) is 15.5. The van der Waals surface area contributed by atoms with Crippen LogP contribution in [-0.4, -0.2) is 122 Å². The van der Waals surface area contributed by atoms with Gasteiger partial charge in [0.2, 0.25) is 0 Å². The molecular weight excluding hydrogens is 848 g/mol. The van der Waals surface area contributed by atoms with Crippen LogP contribution in [0.4, 0.5) is 30.7 Å². The first-order chi connectivity index (χ1) is 28.5. The van der Waals surface area contributed by atoms with Gasteiger partial charge in [-0.3, -0.25) is 14.5 Å². The molecule has 2 aromatic heterocycles. The lowest BCUT2D eigenvalue weighted by Gasteiger charge is -2.47. The molecule has 2 aliphatic heterocycles. The summed E-state index contributed by atoms with van der Waals surface area (Å²) in [5.74, 6) is -5.58. The first-order valence-corrected chi connectivity index (χ1v) is 19.6. The number of benzene rings is 2. The van der Waals surface area contributed by atoms with Gasteiger partial charge < -0.3 is 40.4 Å². The van der Waals surface area contributed by atoms with E-state index in [1.54, 1.807) is 18.2 Å². The summed E-state index contributed by atoms with van der Waals surface area (Å²) in [7, 11) is 0. The van der Waals surface area contributed by atoms with E-state index in [1.165, 1.54) is 6.07 Å². The Morgan fingerprint density at radius 1 is 0.951 bits per heavy atom. The highest BCUT2D eigenvalue weighted by molar-refractivity contribution is 7.16. The Bertz CT molecular complexity index is 2180. The number of aliphatic carboxylic acids is 2. The van der Waals surface area contributed by atoms with Gasteiger partial charge in [0.05, 0.1) is 29.6 Å². The van der Waals surface area contributed by atoms with Crippen molar-refractivity contribution in [3.63, 3.8) is 0 Å². The van der Waals surface area contributed by atoms with Crippen molar-refractivity contribution in [3.8, 4) is 5.75 Å². The Morgan fingerprint density at radius 3 is 2.16 bits per heavy atom. The van der Waals surface area contributed by atoms with E-state index in [0.717, 1.165) is 43.0 Å². The van der Waals surface area contributed by atoms with Gasteiger partial charge >= 0.3 is 29.2 Å². The monoisotopic (exact) mass is 891 g/mol. The average molecular weight is 892 g/mol. The fourth-order valence-corrected chi connectivity index (χ4v) is 7.47. The largest absolute Gasteiger partial charge is 0.506 e. The van der Waals surface area contributed by atoms with Gasteiger partial charge in [0.15, 0.2) is 0 Å². The van der Waals surface area contributed by atoms with E-state index in [4.69, 9.17) is 24.5 Å². The number of aromatic amines is 1. The van der Waals surface area contributed by atoms with Gasteiger partial charge in [-0.2, -0.15) is 26.3 Å². The van der Waals surface area contributed by atoms with E-state index < -0.39 is 36.0 Å². The quantitative estimate of drug-likeness (QED) is 0.0852. The molecule has 2 fully saturated rings. The molecule has 0 aliphatic carbocycles. The van der Waals surface area contributed by atoms with Gasteiger partial charge in [0.1, 0.15) is 22.8 Å². The number of nitrogens with zero attached hydrogens (tertiary/aromatic N) is 3. The smallest absolute Gasteiger partial charge is 0.490 e. The topological polar surface area (TPSA) is 206 Å². The zero-order chi connectivity index (χ0) is 45.3. The number of morpholine rings is 1. The lowest BCUT2D eigenvalue weighted by atomic mass is 9.89. The number of nitrogens with one attached hydrogen (secondary N) is 2. The number of phenols is 1. The number of halogens is 7. The number of piperidine rings is 1. The number of alkyl halides is 6. The van der Waals surface area contributed by atoms with Crippen LogP contribution in [0.5, 0.6) is 5.75 Å². The molecule has 14 nitrogen and oxygen atoms in total. The third-order valence-corrected chi connectivity index (χ3v) is 10.7. The van der Waals surface area contributed by atoms with Crippen molar-refractivity contribution in [3.05, 3.63) is 92.1 Å². The number of ether oxygens (including phenoxy) is 1. The molecule has 22 heteroatoms. The number of aromatic hydroxyl groups is 1. The number of aromatic nitrogens is 2. The number of hydrogen-bond donors (Lipinski definition) is 6. The maximum atomic E-state index is 15.6. The molecule has 1 amide bonds. The van der Waals surface area contributed by atoms with Crippen LogP contribution in [0.1, 0.15) is 71.6 Å². The number of H-pyrrole nitrogens is 1. The van der Waals surface area contributed by atoms with Crippen molar-refractivity contribution >= 4 is 39.4 Å². The summed E-state index contributed by atoms with van der Waals surface area (Å²) in [6.07, 6.45) is -9.09. The normalized spacial score (nSPS) is 16.1. The molecule has 6 N–H and O–H groups in total. The van der Waals surface area contributed by atoms with E-state index in [0.29, 0.717) is 71.8 Å². The van der Waals surface area contributed by atoms with E-state index in [2.05, 4.69) is 34.0 Å². The molecule has 2 aliphatic rings. The number of thiazole rings is 1. The van der Waals surface area contributed by atoms with Crippen LogP contribution in [0, 0.1) is 5.82 Å². The molecule has 1 atom stereocenters. The number of pyridine rings is 1. The van der Waals surface area contributed by atoms with Crippen molar-refractivity contribution in [2.75, 3.05) is 45.9 Å². The summed E-state index contributed by atoms with van der Waals surface area (Å²) in [5, 5.41) is 38.2. The van der Waals surface area contributed by atoms with Crippen molar-refractivity contribution < 1.29 is 70.3 Å². The van der Waals surface area contributed by atoms with Crippen molar-refractivity contribution in [2.45, 2.75) is 69.6 Å². The predicted octanol–water partition coefficient (Wildman–Crippen LogP) is 5.59. The van der Waals surface area contributed by atoms with Gasteiger partial charge in [0, 0.05) is 49.5 Å². The van der Waals surface area contributed by atoms with Crippen molar-refractivity contribution in [1.29, 1.82) is 0 Å². The van der Waals surface area contributed by atoms with E-state index in [-0.39, 0.29) is 34.8 Å². The van der Waals surface area contributed by atoms with Crippen molar-refractivity contribution in [2.24, 2.45) is 0 Å². The molecule has 1 spiro atoms. The fourth-order valence-electron chi connectivity index (χ4n) is 6.56. The Morgan fingerprint density at radius 2 is 1.56 bits per heavy atom. The Kier molecular flexibility index (Phi) is 16.4. The fraction of sp³-hybridized carbons (Fsp3) is 0.462. The van der Waals surface area contributed by atoms with Gasteiger partial charge in [-0.05, 0) is 55.5 Å². The zero-order valence-corrected chi connectivity index (χ0v) is 33.6. The Balaban J connectivity index is 0.000000504. The Hall–Kier alpha value is -5.16. The van der Waals surface area contributed by atoms with Crippen LogP contribution < -0.4 is 10.2 Å². The minimum absolute atomic E-state index is 0.0381. The molecule has 334 valence electrons. The first-order valence-electron chi connectivity index (χ1n) is 18.7. The number of carboxylic acids is 2. The lowest BCUT2D eigenvalue weighted by Crippen LogP contribution is -2.58. The number of rotatable bonds is 10. The molecular formula is C39H44F7N5O9S. The minimum Gasteiger partial charge on any atom is -0.506 e. The first kappa shape index (κ1) is 48.5. The number of amides is 1. The van der Waals surface area contributed by atoms with Gasteiger partial charge in [-0.25, -0.2) is 19.0 Å². The van der Waals surface area contributed by atoms with E-state index >= 15 is 4.39 Å². The zero-order valence-electron chi connectivity index (χ0n) is 32.8. The molecule has 61 heavy (non-hydrogen) atoms. The van der Waals surface area contributed by atoms with Crippen LogP contribution in [0.3, 0.4) is 0 Å². The number of carbonyl (C=O) groups is 3. The highest BCUT2D eigenvalue weighted by atomic mass is 32.1. The summed E-state index contributed by atoms with van der Waals surface area (Å²) in [6, 6.07) is 14.2. The molecule has 6 rings (SSSR count). The summed E-state index contributed by atoms with van der Waals surface area (Å²) < 4.78 is 85.9. The standard InChI is InChI=1S/C35H42FN5O5S.2C2HF3O2/c1-22(2)26-7-4-8-27(38-26)33(44)41-17-18-46-35(21-41)12-15-40(16-13-35)20-24-6-3-5-23(30(24)36)11-14-37-19-29(43)25-9-10-28(42)31-32(25)47-34(45)39-31;2*3-2(4,5)1(6)7/h3-10,22,29,37,42-43H,11-21H2,1-2H3,(H,39,45);2*(H,6,7)/t29-;;/m0../s1. The van der Waals surface area contributed by atoms with Gasteiger partial charge in [-0.1, -0.05) is 55.5 Å². The highest BCUT2D eigenvalue weighted by Crippen LogP contribution is 2.33. The molecule has 0 unspecified atom stereocenters. The average Bonchev–Trinajstić information content (AvgIpc) is 3.60. The second-order valence-electron chi connectivity index (χ2n) is 14.5. The number of carbonyl (C=O) groups excluding carboxylic acids is 1. The van der Waals surface area contributed by atoms with Crippen LogP contribution in [0.2, 0.25) is 0 Å². The molecule has 0 radical (unpaired) electrons. The molecule has 4 aromatic rings. The van der Waals surface area contributed by atoms with E-state index in [9.17, 15) is 46.1 Å². The molecule has 2 aromatic carbocycles. The van der Waals surface area contributed by atoms with Crippen molar-refractivity contribution in [1.82, 2.24) is 25.1 Å². The third kappa shape index (κ3) is 13.4. The van der Waals surface area contributed by atoms with Gasteiger partial charge in [0.25, 0.3) is 5.91 Å². The summed E-state index contributed by atoms with van der Waals surface area (Å²) in [6.45, 7) is 8.34. The molecule has 0 bridgehead atoms. The molecule has 2 saturated heterocycles. The van der Waals surface area contributed by atoms with Crippen LogP contribution in [0.15, 0.2) is 53.3 Å². The third-order valence-electron chi connectivity index (χ3n) is 9.78. The summed E-state index contributed by atoms with van der Waals surface area (Å²) >= 11 is 0.945. The van der Waals surface area contributed by atoms with Crippen LogP contribution >= 0.6 is 11.3 Å². The number of phenolic OH excluding ortho intramolecular Hbond substituents is 1. The lowest BCUT2D eigenvalue weighted by molar-refractivity contribution is -0.193. The summed E-state index contributed by atoms with van der Waals surface area (Å²) in [5.41, 5.74) is 3.10.